The maximum Gasteiger partial charge on any atom is 0.168 e. The maximum atomic E-state index is 11.7. The molecular weight excluding hydrogens is 327 g/mol. The van der Waals surface area contributed by atoms with E-state index >= 15 is 0 Å². The zero-order chi connectivity index (χ0) is 9.97. The molecule has 0 unspecified atom stereocenters. The van der Waals surface area contributed by atoms with Gasteiger partial charge in [0.1, 0.15) is 0 Å². The molecule has 0 fully saturated rings. The third-order valence-electron chi connectivity index (χ3n) is 1.83. The van der Waals surface area contributed by atoms with Crippen molar-refractivity contribution in [1.82, 2.24) is 0 Å². The normalized spacial score (nSPS) is 10.4. The molecule has 0 aliphatic rings. The van der Waals surface area contributed by atoms with Crippen molar-refractivity contribution in [2.24, 2.45) is 0 Å². The van der Waals surface area contributed by atoms with Crippen LogP contribution in [0, 0.1) is 2.88 Å². The van der Waals surface area contributed by atoms with E-state index in [9.17, 15) is 4.79 Å². The lowest BCUT2D eigenvalue weighted by Crippen LogP contribution is -2.00. The van der Waals surface area contributed by atoms with Crippen LogP contribution in [0.15, 0.2) is 28.3 Å². The highest BCUT2D eigenvalue weighted by Gasteiger charge is 2.08. The van der Waals surface area contributed by atoms with Crippen molar-refractivity contribution in [3.8, 4) is 0 Å². The molecular formula is C10H7IOS2. The summed E-state index contributed by atoms with van der Waals surface area (Å²) < 4.78 is 1.16. The Labute approximate surface area is 104 Å². The molecule has 0 aliphatic heterocycles. The molecule has 0 atom stereocenters. The van der Waals surface area contributed by atoms with Gasteiger partial charge < -0.3 is 0 Å². The van der Waals surface area contributed by atoms with Gasteiger partial charge in [-0.15, -0.1) is 11.3 Å². The number of carbonyl (C=O) groups is 1. The third kappa shape index (κ3) is 2.43. The minimum atomic E-state index is 0.211. The second-order valence-electron chi connectivity index (χ2n) is 2.87. The van der Waals surface area contributed by atoms with Crippen LogP contribution < -0.4 is 0 Å². The molecule has 2 aromatic heterocycles. The molecule has 0 amide bonds. The van der Waals surface area contributed by atoms with Crippen LogP contribution in [0.25, 0.3) is 0 Å². The van der Waals surface area contributed by atoms with Crippen molar-refractivity contribution in [2.75, 3.05) is 0 Å². The molecule has 0 aromatic carbocycles. The summed E-state index contributed by atoms with van der Waals surface area (Å²) >= 11 is 5.48. The molecule has 0 saturated heterocycles. The van der Waals surface area contributed by atoms with Gasteiger partial charge in [-0.25, -0.2) is 0 Å². The fraction of sp³-hybridized carbons (Fsp3) is 0.100. The van der Waals surface area contributed by atoms with Gasteiger partial charge in [-0.2, -0.15) is 11.3 Å². The van der Waals surface area contributed by atoms with Crippen molar-refractivity contribution in [3.05, 3.63) is 42.3 Å². The summed E-state index contributed by atoms with van der Waals surface area (Å²) in [6.45, 7) is 0. The van der Waals surface area contributed by atoms with Crippen molar-refractivity contribution >= 4 is 51.0 Å². The van der Waals surface area contributed by atoms with E-state index in [1.54, 1.807) is 22.7 Å². The third-order valence-corrected chi connectivity index (χ3v) is 4.36. The van der Waals surface area contributed by atoms with Gasteiger partial charge in [-0.05, 0) is 51.0 Å². The van der Waals surface area contributed by atoms with Gasteiger partial charge >= 0.3 is 0 Å². The number of ketones is 1. The fourth-order valence-electron chi connectivity index (χ4n) is 1.14. The molecule has 72 valence electrons. The largest absolute Gasteiger partial charge is 0.294 e. The Balaban J connectivity index is 2.10. The lowest BCUT2D eigenvalue weighted by atomic mass is 10.1. The molecule has 0 saturated carbocycles. The topological polar surface area (TPSA) is 17.1 Å². The Hall–Kier alpha value is -0.200. The maximum absolute atomic E-state index is 11.7. The quantitative estimate of drug-likeness (QED) is 0.616. The molecule has 2 heterocycles. The Morgan fingerprint density at radius 2 is 2.29 bits per heavy atom. The number of hydrogen-bond donors (Lipinski definition) is 0. The molecule has 0 radical (unpaired) electrons. The first-order valence-corrected chi connectivity index (χ1v) is 6.94. The smallest absolute Gasteiger partial charge is 0.168 e. The van der Waals surface area contributed by atoms with Crippen LogP contribution in [0.1, 0.15) is 15.9 Å². The van der Waals surface area contributed by atoms with Crippen LogP contribution in [0.4, 0.5) is 0 Å². The zero-order valence-electron chi connectivity index (χ0n) is 7.20. The summed E-state index contributed by atoms with van der Waals surface area (Å²) in [5.74, 6) is 0.211. The van der Waals surface area contributed by atoms with Crippen LogP contribution in [-0.4, -0.2) is 5.78 Å². The molecule has 0 bridgehead atoms. The van der Waals surface area contributed by atoms with Crippen LogP contribution in [0.2, 0.25) is 0 Å². The van der Waals surface area contributed by atoms with E-state index in [4.69, 9.17) is 0 Å². The highest BCUT2D eigenvalue weighted by Crippen LogP contribution is 2.18. The van der Waals surface area contributed by atoms with Crippen molar-refractivity contribution in [3.63, 3.8) is 0 Å². The zero-order valence-corrected chi connectivity index (χ0v) is 11.0. The average molecular weight is 334 g/mol. The van der Waals surface area contributed by atoms with Gasteiger partial charge in [0, 0.05) is 17.4 Å². The summed E-state index contributed by atoms with van der Waals surface area (Å²) in [5, 5.41) is 5.95. The fourth-order valence-corrected chi connectivity index (χ4v) is 3.16. The molecule has 4 heteroatoms. The summed E-state index contributed by atoms with van der Waals surface area (Å²) in [4.78, 5) is 11.7. The van der Waals surface area contributed by atoms with Crippen LogP contribution in [-0.2, 0) is 6.42 Å². The monoisotopic (exact) mass is 334 g/mol. The van der Waals surface area contributed by atoms with E-state index in [0.29, 0.717) is 6.42 Å². The van der Waals surface area contributed by atoms with Crippen molar-refractivity contribution in [2.45, 2.75) is 6.42 Å². The Morgan fingerprint density at radius 1 is 1.43 bits per heavy atom. The second-order valence-corrected chi connectivity index (χ2v) is 6.46. The Morgan fingerprint density at radius 3 is 2.86 bits per heavy atom. The minimum Gasteiger partial charge on any atom is -0.294 e. The predicted molar refractivity (Wildman–Crippen MR) is 69.4 cm³/mol. The first-order valence-electron chi connectivity index (χ1n) is 4.04. The molecule has 14 heavy (non-hydrogen) atoms. The van der Waals surface area contributed by atoms with Crippen LogP contribution >= 0.6 is 45.3 Å². The second kappa shape index (κ2) is 4.55. The van der Waals surface area contributed by atoms with Crippen LogP contribution in [0.3, 0.4) is 0 Å². The van der Waals surface area contributed by atoms with E-state index in [1.165, 1.54) is 0 Å². The number of thiophene rings is 2. The Kier molecular flexibility index (Phi) is 3.35. The van der Waals surface area contributed by atoms with Gasteiger partial charge in [0.2, 0.25) is 0 Å². The molecule has 0 N–H and O–H groups in total. The molecule has 0 aliphatic carbocycles. The SMILES string of the molecule is O=C(Cc1ccsc1)c1csc(I)c1. The van der Waals surface area contributed by atoms with E-state index in [1.807, 2.05) is 28.3 Å². The predicted octanol–water partition coefficient (Wildman–Crippen LogP) is 3.84. The minimum absolute atomic E-state index is 0.211. The van der Waals surface area contributed by atoms with Crippen molar-refractivity contribution < 1.29 is 4.79 Å². The van der Waals surface area contributed by atoms with E-state index < -0.39 is 0 Å². The van der Waals surface area contributed by atoms with E-state index in [-0.39, 0.29) is 5.78 Å². The lowest BCUT2D eigenvalue weighted by Gasteiger charge is -1.94. The lowest BCUT2D eigenvalue weighted by molar-refractivity contribution is 0.0993. The van der Waals surface area contributed by atoms with Crippen molar-refractivity contribution in [1.29, 1.82) is 0 Å². The van der Waals surface area contributed by atoms with Gasteiger partial charge in [-0.1, -0.05) is 0 Å². The number of rotatable bonds is 3. The standard InChI is InChI=1S/C10H7IOS2/c11-10-4-8(6-14-10)9(12)3-7-1-2-13-5-7/h1-2,4-6H,3H2. The van der Waals surface area contributed by atoms with Gasteiger partial charge in [0.05, 0.1) is 2.88 Å². The summed E-state index contributed by atoms with van der Waals surface area (Å²) in [7, 11) is 0. The number of Topliss-reactive ketones (excluding diaryl/α,β-unsaturated/α-hetero) is 1. The number of carbonyl (C=O) groups excluding carboxylic acids is 1. The summed E-state index contributed by atoms with van der Waals surface area (Å²) in [6.07, 6.45) is 0.524. The molecule has 2 aromatic rings. The number of hydrogen-bond acceptors (Lipinski definition) is 3. The average Bonchev–Trinajstić information content (AvgIpc) is 2.75. The molecule has 0 spiro atoms. The summed E-state index contributed by atoms with van der Waals surface area (Å²) in [5.41, 5.74) is 1.95. The van der Waals surface area contributed by atoms with Crippen LogP contribution in [0.5, 0.6) is 0 Å². The molecule has 2 rings (SSSR count). The first-order chi connectivity index (χ1) is 6.75. The van der Waals surface area contributed by atoms with E-state index in [0.717, 1.165) is 14.0 Å². The van der Waals surface area contributed by atoms with E-state index in [2.05, 4.69) is 22.6 Å². The van der Waals surface area contributed by atoms with Gasteiger partial charge in [-0.3, -0.25) is 4.79 Å². The van der Waals surface area contributed by atoms with Gasteiger partial charge in [0.25, 0.3) is 0 Å². The van der Waals surface area contributed by atoms with Gasteiger partial charge in [0.15, 0.2) is 5.78 Å². The first kappa shape index (κ1) is 10.3. The summed E-state index contributed by atoms with van der Waals surface area (Å²) in [6, 6.07) is 3.94. The highest BCUT2D eigenvalue weighted by molar-refractivity contribution is 14.1. The molecule has 1 nitrogen and oxygen atoms in total. The number of halogens is 1. The Bertz CT molecular complexity index is 431. The highest BCUT2D eigenvalue weighted by atomic mass is 127.